The van der Waals surface area contributed by atoms with Crippen molar-refractivity contribution >= 4 is 22.8 Å². The Morgan fingerprint density at radius 3 is 2.83 bits per heavy atom. The second kappa shape index (κ2) is 6.69. The Labute approximate surface area is 108 Å². The van der Waals surface area contributed by atoms with E-state index in [1.165, 1.54) is 4.90 Å². The minimum atomic E-state index is -1.09. The van der Waals surface area contributed by atoms with E-state index in [1.54, 1.807) is 13.2 Å². The van der Waals surface area contributed by atoms with Crippen LogP contribution in [0.2, 0.25) is 0 Å². The summed E-state index contributed by atoms with van der Waals surface area (Å²) < 4.78 is 16.2. The Balaban J connectivity index is 2.53. The molecule has 0 saturated carbocycles. The number of carbonyl (C=O) groups is 2. The zero-order valence-corrected chi connectivity index (χ0v) is 11.2. The Morgan fingerprint density at radius 2 is 2.28 bits per heavy atom. The van der Waals surface area contributed by atoms with E-state index in [0.29, 0.717) is 6.61 Å². The number of ether oxygens (including phenoxy) is 1. The smallest absolute Gasteiger partial charge is 0.328 e. The fraction of sp³-hybridized carbons (Fsp3) is 0.800. The van der Waals surface area contributed by atoms with Gasteiger partial charge in [0.25, 0.3) is 0 Å². The van der Waals surface area contributed by atoms with E-state index >= 15 is 0 Å². The normalized spacial score (nSPS) is 23.2. The zero-order valence-electron chi connectivity index (χ0n) is 10.4. The summed E-state index contributed by atoms with van der Waals surface area (Å²) in [6, 6.07) is -1.41. The Hall–Kier alpha value is -1.15. The Morgan fingerprint density at radius 1 is 1.61 bits per heavy atom. The van der Waals surface area contributed by atoms with E-state index in [9.17, 15) is 13.8 Å². The van der Waals surface area contributed by atoms with Crippen LogP contribution in [0.5, 0.6) is 0 Å². The van der Waals surface area contributed by atoms with Gasteiger partial charge in [0.1, 0.15) is 0 Å². The lowest BCUT2D eigenvalue weighted by Gasteiger charge is -2.33. The highest BCUT2D eigenvalue weighted by Crippen LogP contribution is 2.07. The van der Waals surface area contributed by atoms with Crippen molar-refractivity contribution < 1.29 is 23.6 Å². The number of carboxylic acids is 1. The molecule has 3 atom stereocenters. The number of carboxylic acid groups (broad SMARTS) is 1. The fourth-order valence-electron chi connectivity index (χ4n) is 1.50. The van der Waals surface area contributed by atoms with Crippen LogP contribution in [-0.2, 0) is 20.3 Å². The van der Waals surface area contributed by atoms with Crippen molar-refractivity contribution in [3.63, 3.8) is 0 Å². The van der Waals surface area contributed by atoms with Crippen molar-refractivity contribution in [3.8, 4) is 0 Å². The monoisotopic (exact) mass is 278 g/mol. The van der Waals surface area contributed by atoms with Gasteiger partial charge in [0.05, 0.1) is 13.2 Å². The number of carbonyl (C=O) groups excluding carboxylic acids is 1. The van der Waals surface area contributed by atoms with Crippen LogP contribution in [-0.4, -0.2) is 70.1 Å². The van der Waals surface area contributed by atoms with Gasteiger partial charge in [-0.3, -0.25) is 4.21 Å². The number of hydrogen-bond acceptors (Lipinski definition) is 4. The summed E-state index contributed by atoms with van der Waals surface area (Å²) in [6.45, 7) is 2.58. The quantitative estimate of drug-likeness (QED) is 0.705. The number of hydrogen-bond donors (Lipinski definition) is 2. The number of aliphatic carboxylic acids is 1. The van der Waals surface area contributed by atoms with E-state index in [-0.39, 0.29) is 24.9 Å². The maximum absolute atomic E-state index is 11.8. The van der Waals surface area contributed by atoms with Crippen LogP contribution in [0.25, 0.3) is 0 Å². The van der Waals surface area contributed by atoms with Gasteiger partial charge in [0.2, 0.25) is 0 Å². The highest BCUT2D eigenvalue weighted by Gasteiger charge is 2.32. The number of amides is 2. The highest BCUT2D eigenvalue weighted by molar-refractivity contribution is 7.84. The molecular formula is C10H18N2O5S. The number of nitrogens with one attached hydrogen (secondary N) is 1. The Bertz CT molecular complexity index is 349. The molecule has 1 aliphatic rings. The van der Waals surface area contributed by atoms with Gasteiger partial charge >= 0.3 is 12.0 Å². The average molecular weight is 278 g/mol. The summed E-state index contributed by atoms with van der Waals surface area (Å²) in [5.74, 6) is -1.09. The van der Waals surface area contributed by atoms with Crippen molar-refractivity contribution in [3.05, 3.63) is 0 Å². The van der Waals surface area contributed by atoms with Gasteiger partial charge in [-0.05, 0) is 6.92 Å². The van der Waals surface area contributed by atoms with E-state index < -0.39 is 28.8 Å². The lowest BCUT2D eigenvalue weighted by atomic mass is 10.2. The van der Waals surface area contributed by atoms with Crippen molar-refractivity contribution in [2.24, 2.45) is 0 Å². The lowest BCUT2D eigenvalue weighted by molar-refractivity contribution is -0.147. The van der Waals surface area contributed by atoms with E-state index in [1.807, 2.05) is 0 Å². The molecule has 8 heteroatoms. The van der Waals surface area contributed by atoms with Gasteiger partial charge in [0.15, 0.2) is 6.04 Å². The molecule has 1 rings (SSSR count). The van der Waals surface area contributed by atoms with E-state index in [4.69, 9.17) is 9.84 Å². The predicted molar refractivity (Wildman–Crippen MR) is 65.9 cm³/mol. The second-order valence-corrected chi connectivity index (χ2v) is 5.92. The second-order valence-electron chi connectivity index (χ2n) is 4.12. The molecule has 0 radical (unpaired) electrons. The standard InChI is InChI=1S/C10H18N2O5S/c1-7(18(2)16)5-11-10(15)12-3-4-17-6-8(12)9(13)14/h7-8H,3-6H2,1-2H3,(H,11,15)(H,13,14). The number of morpholine rings is 1. The Kier molecular flexibility index (Phi) is 5.54. The summed E-state index contributed by atoms with van der Waals surface area (Å²) in [7, 11) is -1.02. The molecule has 104 valence electrons. The molecule has 0 bridgehead atoms. The summed E-state index contributed by atoms with van der Waals surface area (Å²) in [6.07, 6.45) is 1.56. The van der Waals surface area contributed by atoms with Crippen LogP contribution in [0.1, 0.15) is 6.92 Å². The summed E-state index contributed by atoms with van der Waals surface area (Å²) in [5.41, 5.74) is 0. The molecule has 0 aliphatic carbocycles. The zero-order chi connectivity index (χ0) is 13.7. The van der Waals surface area contributed by atoms with E-state index in [2.05, 4.69) is 5.32 Å². The third kappa shape index (κ3) is 3.95. The lowest BCUT2D eigenvalue weighted by Crippen LogP contribution is -2.56. The van der Waals surface area contributed by atoms with Crippen LogP contribution in [0.15, 0.2) is 0 Å². The molecule has 0 aromatic carbocycles. The van der Waals surface area contributed by atoms with Crippen LogP contribution < -0.4 is 5.32 Å². The first-order chi connectivity index (χ1) is 8.43. The molecule has 18 heavy (non-hydrogen) atoms. The molecule has 1 heterocycles. The topological polar surface area (TPSA) is 95.9 Å². The third-order valence-electron chi connectivity index (χ3n) is 2.78. The van der Waals surface area contributed by atoms with Gasteiger partial charge in [-0.1, -0.05) is 0 Å². The molecule has 3 unspecified atom stereocenters. The first-order valence-electron chi connectivity index (χ1n) is 5.60. The van der Waals surface area contributed by atoms with Crippen molar-refractivity contribution in [2.75, 3.05) is 32.6 Å². The number of urea groups is 1. The van der Waals surface area contributed by atoms with Gasteiger partial charge in [-0.15, -0.1) is 0 Å². The molecular weight excluding hydrogens is 260 g/mol. The molecule has 0 spiro atoms. The molecule has 0 aromatic heterocycles. The number of rotatable bonds is 4. The fourth-order valence-corrected chi connectivity index (χ4v) is 1.82. The van der Waals surface area contributed by atoms with Crippen LogP contribution >= 0.6 is 0 Å². The molecule has 1 fully saturated rings. The average Bonchev–Trinajstić information content (AvgIpc) is 2.35. The first kappa shape index (κ1) is 14.9. The summed E-state index contributed by atoms with van der Waals surface area (Å²) >= 11 is 0. The largest absolute Gasteiger partial charge is 0.480 e. The van der Waals surface area contributed by atoms with Crippen molar-refractivity contribution in [1.29, 1.82) is 0 Å². The van der Waals surface area contributed by atoms with Crippen LogP contribution in [0.3, 0.4) is 0 Å². The van der Waals surface area contributed by atoms with Gasteiger partial charge < -0.3 is 20.1 Å². The minimum absolute atomic E-state index is 0.00197. The van der Waals surface area contributed by atoms with Crippen molar-refractivity contribution in [2.45, 2.75) is 18.2 Å². The van der Waals surface area contributed by atoms with E-state index in [0.717, 1.165) is 0 Å². The maximum Gasteiger partial charge on any atom is 0.328 e. The summed E-state index contributed by atoms with van der Waals surface area (Å²) in [5, 5.41) is 11.4. The predicted octanol–water partition coefficient (Wildman–Crippen LogP) is -0.752. The molecule has 2 N–H and O–H groups in total. The van der Waals surface area contributed by atoms with Crippen molar-refractivity contribution in [1.82, 2.24) is 10.2 Å². The first-order valence-corrected chi connectivity index (χ1v) is 7.23. The van der Waals surface area contributed by atoms with Gasteiger partial charge in [0, 0.05) is 35.4 Å². The third-order valence-corrected chi connectivity index (χ3v) is 4.08. The maximum atomic E-state index is 11.8. The highest BCUT2D eigenvalue weighted by atomic mass is 32.2. The molecule has 2 amide bonds. The van der Waals surface area contributed by atoms with Crippen LogP contribution in [0.4, 0.5) is 4.79 Å². The molecule has 7 nitrogen and oxygen atoms in total. The molecule has 0 aromatic rings. The molecule has 1 saturated heterocycles. The van der Waals surface area contributed by atoms with Gasteiger partial charge in [-0.25, -0.2) is 9.59 Å². The molecule has 1 aliphatic heterocycles. The number of nitrogens with zero attached hydrogens (tertiary/aromatic N) is 1. The van der Waals surface area contributed by atoms with Gasteiger partial charge in [-0.2, -0.15) is 0 Å². The SMILES string of the molecule is CC(CNC(=O)N1CCOCC1C(=O)O)S(C)=O. The minimum Gasteiger partial charge on any atom is -0.480 e. The van der Waals surface area contributed by atoms with Crippen LogP contribution in [0, 0.1) is 0 Å². The summed E-state index contributed by atoms with van der Waals surface area (Å²) in [4.78, 5) is 24.0.